The number of likely N-dealkylation sites (tertiary alicyclic amines) is 1. The van der Waals surface area contributed by atoms with E-state index in [1.165, 1.54) is 12.8 Å². The lowest BCUT2D eigenvalue weighted by Gasteiger charge is -2.35. The van der Waals surface area contributed by atoms with Gasteiger partial charge in [0.25, 0.3) is 5.91 Å². The van der Waals surface area contributed by atoms with Crippen molar-refractivity contribution in [2.24, 2.45) is 0 Å². The Labute approximate surface area is 181 Å². The van der Waals surface area contributed by atoms with E-state index < -0.39 is 5.54 Å². The van der Waals surface area contributed by atoms with E-state index >= 15 is 0 Å². The molecule has 2 aromatic heterocycles. The minimum absolute atomic E-state index is 0.0174. The molecular weight excluding hydrogens is 392 g/mol. The topological polar surface area (TPSA) is 95.8 Å². The molecule has 1 amide bonds. The lowest BCUT2D eigenvalue weighted by molar-refractivity contribution is 0.0738. The molecule has 0 radical (unpaired) electrons. The first-order chi connectivity index (χ1) is 15.1. The maximum atomic E-state index is 13.5. The first-order valence-corrected chi connectivity index (χ1v) is 10.9. The summed E-state index contributed by atoms with van der Waals surface area (Å²) in [4.78, 5) is 17.6. The lowest BCUT2D eigenvalue weighted by atomic mass is 9.95. The molecule has 0 spiro atoms. The molecule has 2 fully saturated rings. The molecule has 1 saturated carbocycles. The summed E-state index contributed by atoms with van der Waals surface area (Å²) in [5, 5.41) is 20.0. The lowest BCUT2D eigenvalue weighted by Crippen LogP contribution is -2.47. The van der Waals surface area contributed by atoms with Gasteiger partial charge in [0.2, 0.25) is 0 Å². The van der Waals surface area contributed by atoms with Crippen molar-refractivity contribution in [2.45, 2.75) is 43.7 Å². The van der Waals surface area contributed by atoms with Gasteiger partial charge in [0.05, 0.1) is 23.5 Å². The zero-order valence-electron chi connectivity index (χ0n) is 18.0. The Hall–Kier alpha value is -3.07. The molecule has 0 unspecified atom stereocenters. The third kappa shape index (κ3) is 3.33. The predicted octanol–water partition coefficient (Wildman–Crippen LogP) is 2.48. The first kappa shape index (κ1) is 19.9. The monoisotopic (exact) mass is 420 g/mol. The molecule has 162 valence electrons. The summed E-state index contributed by atoms with van der Waals surface area (Å²) in [6.45, 7) is 1.19. The molecule has 1 saturated heterocycles. The normalized spacial score (nSPS) is 22.0. The number of H-pyrrole nitrogens is 1. The largest absolute Gasteiger partial charge is 0.336 e. The average Bonchev–Trinajstić information content (AvgIpc) is 3.58. The highest BCUT2D eigenvalue weighted by atomic mass is 16.2. The number of carbonyl (C=O) groups excluding carboxylic acids is 1. The zero-order chi connectivity index (χ0) is 21.4. The fourth-order valence-corrected chi connectivity index (χ4v) is 5.05. The van der Waals surface area contributed by atoms with Gasteiger partial charge >= 0.3 is 0 Å². The molecule has 5 rings (SSSR count). The van der Waals surface area contributed by atoms with Crippen molar-refractivity contribution in [3.8, 4) is 11.3 Å². The van der Waals surface area contributed by atoms with Gasteiger partial charge in [0, 0.05) is 18.7 Å². The molecule has 1 aliphatic carbocycles. The molecule has 0 bridgehead atoms. The highest BCUT2D eigenvalue weighted by molar-refractivity contribution is 6.00. The highest BCUT2D eigenvalue weighted by Gasteiger charge is 2.48. The summed E-state index contributed by atoms with van der Waals surface area (Å²) in [6.07, 6.45) is 7.07. The second-order valence-electron chi connectivity index (χ2n) is 8.81. The first-order valence-electron chi connectivity index (χ1n) is 10.9. The van der Waals surface area contributed by atoms with Crippen LogP contribution in [0.15, 0.2) is 36.5 Å². The maximum Gasteiger partial charge on any atom is 0.257 e. The summed E-state index contributed by atoms with van der Waals surface area (Å²) in [6, 6.07) is 10.2. The second kappa shape index (κ2) is 7.88. The Kier molecular flexibility index (Phi) is 5.05. The number of amides is 1. The Morgan fingerprint density at radius 3 is 2.71 bits per heavy atom. The van der Waals surface area contributed by atoms with Crippen molar-refractivity contribution in [1.82, 2.24) is 40.2 Å². The quantitative estimate of drug-likeness (QED) is 0.681. The fraction of sp³-hybridized carbons (Fsp3) is 0.500. The number of tetrazole rings is 1. The summed E-state index contributed by atoms with van der Waals surface area (Å²) in [5.74, 6) is 0.853. The summed E-state index contributed by atoms with van der Waals surface area (Å²) >= 11 is 0. The molecule has 1 atom stereocenters. The number of aromatic nitrogens is 6. The molecule has 9 nitrogen and oxygen atoms in total. The minimum Gasteiger partial charge on any atom is -0.336 e. The van der Waals surface area contributed by atoms with Crippen molar-refractivity contribution in [1.29, 1.82) is 0 Å². The molecule has 1 N–H and O–H groups in total. The van der Waals surface area contributed by atoms with Gasteiger partial charge < -0.3 is 4.90 Å². The number of likely N-dealkylation sites (N-methyl/N-ethyl adjacent to an activating group) is 1. The molecule has 3 heterocycles. The van der Waals surface area contributed by atoms with Gasteiger partial charge in [-0.1, -0.05) is 43.2 Å². The van der Waals surface area contributed by atoms with E-state index in [1.807, 2.05) is 39.9 Å². The van der Waals surface area contributed by atoms with Gasteiger partial charge in [-0.25, -0.2) is 4.68 Å². The Bertz CT molecular complexity index is 1050. The zero-order valence-corrected chi connectivity index (χ0v) is 18.0. The van der Waals surface area contributed by atoms with Crippen LogP contribution in [-0.2, 0) is 5.54 Å². The van der Waals surface area contributed by atoms with E-state index in [2.05, 4.69) is 44.7 Å². The van der Waals surface area contributed by atoms with Crippen LogP contribution in [0, 0.1) is 0 Å². The van der Waals surface area contributed by atoms with Crippen LogP contribution in [0.1, 0.15) is 54.3 Å². The summed E-state index contributed by atoms with van der Waals surface area (Å²) < 4.78 is 2.02. The molecule has 9 heteroatoms. The number of carbonyl (C=O) groups is 1. The maximum absolute atomic E-state index is 13.5. The molecule has 1 aliphatic heterocycles. The molecule has 2 aliphatic rings. The van der Waals surface area contributed by atoms with Gasteiger partial charge in [-0.2, -0.15) is 5.10 Å². The number of aromatic amines is 1. The minimum atomic E-state index is -0.404. The van der Waals surface area contributed by atoms with Crippen LogP contribution in [-0.4, -0.2) is 73.3 Å². The SMILES string of the molecule is CN(C)[C@@]1(c2nnnn2C2CCCC2)CCN(C(=O)c2cn[nH]c2-c2ccccc2)C1. The van der Waals surface area contributed by atoms with Crippen molar-refractivity contribution in [2.75, 3.05) is 27.2 Å². The van der Waals surface area contributed by atoms with E-state index in [1.54, 1.807) is 6.20 Å². The van der Waals surface area contributed by atoms with Gasteiger partial charge in [-0.3, -0.25) is 14.8 Å². The number of hydrogen-bond acceptors (Lipinski definition) is 6. The predicted molar refractivity (Wildman–Crippen MR) is 115 cm³/mol. The van der Waals surface area contributed by atoms with Crippen molar-refractivity contribution in [3.05, 3.63) is 47.9 Å². The average molecular weight is 421 g/mol. The van der Waals surface area contributed by atoms with Crippen LogP contribution in [0.2, 0.25) is 0 Å². The van der Waals surface area contributed by atoms with Gasteiger partial charge in [-0.05, 0) is 43.8 Å². The van der Waals surface area contributed by atoms with E-state index in [9.17, 15) is 4.79 Å². The Morgan fingerprint density at radius 1 is 1.19 bits per heavy atom. The summed E-state index contributed by atoms with van der Waals surface area (Å²) in [5.41, 5.74) is 1.89. The van der Waals surface area contributed by atoms with Crippen LogP contribution in [0.3, 0.4) is 0 Å². The van der Waals surface area contributed by atoms with Crippen molar-refractivity contribution in [3.63, 3.8) is 0 Å². The van der Waals surface area contributed by atoms with Crippen molar-refractivity contribution >= 4 is 5.91 Å². The standard InChI is InChI=1S/C22H28N8O/c1-28(2)22(21-25-26-27-30(21)17-10-6-7-11-17)12-13-29(15-22)20(31)18-14-23-24-19(18)16-8-4-3-5-9-16/h3-5,8-9,14,17H,6-7,10-13,15H2,1-2H3,(H,23,24)/t22-/m0/s1. The number of nitrogens with one attached hydrogen (secondary N) is 1. The van der Waals surface area contributed by atoms with Crippen LogP contribution in [0.5, 0.6) is 0 Å². The van der Waals surface area contributed by atoms with Gasteiger partial charge in [0.15, 0.2) is 5.82 Å². The van der Waals surface area contributed by atoms with Crippen LogP contribution in [0.4, 0.5) is 0 Å². The number of benzene rings is 1. The molecule has 3 aromatic rings. The van der Waals surface area contributed by atoms with Gasteiger partial charge in [0.1, 0.15) is 5.54 Å². The van der Waals surface area contributed by atoms with Crippen LogP contribution >= 0.6 is 0 Å². The third-order valence-corrected chi connectivity index (χ3v) is 6.90. The Balaban J connectivity index is 1.44. The molecule has 1 aromatic carbocycles. The van der Waals surface area contributed by atoms with E-state index in [0.717, 1.165) is 36.3 Å². The third-order valence-electron chi connectivity index (χ3n) is 6.90. The van der Waals surface area contributed by atoms with E-state index in [0.29, 0.717) is 24.7 Å². The Morgan fingerprint density at radius 2 is 1.97 bits per heavy atom. The van der Waals surface area contributed by atoms with Crippen LogP contribution in [0.25, 0.3) is 11.3 Å². The number of rotatable bonds is 5. The number of hydrogen-bond donors (Lipinski definition) is 1. The van der Waals surface area contributed by atoms with E-state index in [-0.39, 0.29) is 5.91 Å². The molecular formula is C22H28N8O. The van der Waals surface area contributed by atoms with E-state index in [4.69, 9.17) is 0 Å². The summed E-state index contributed by atoms with van der Waals surface area (Å²) in [7, 11) is 4.10. The second-order valence-corrected chi connectivity index (χ2v) is 8.81. The van der Waals surface area contributed by atoms with Crippen LogP contribution < -0.4 is 0 Å². The number of nitrogens with zero attached hydrogens (tertiary/aromatic N) is 7. The smallest absolute Gasteiger partial charge is 0.257 e. The van der Waals surface area contributed by atoms with Gasteiger partial charge in [-0.15, -0.1) is 5.10 Å². The van der Waals surface area contributed by atoms with Crippen molar-refractivity contribution < 1.29 is 4.79 Å². The fourth-order valence-electron chi connectivity index (χ4n) is 5.05. The highest BCUT2D eigenvalue weighted by Crippen LogP contribution is 2.39. The molecule has 31 heavy (non-hydrogen) atoms.